The number of hydrogen-bond acceptors (Lipinski definition) is 5. The maximum Gasteiger partial charge on any atom is 0.358 e. The van der Waals surface area contributed by atoms with Gasteiger partial charge in [0.1, 0.15) is 0 Å². The topological polar surface area (TPSA) is 116 Å². The van der Waals surface area contributed by atoms with Crippen LogP contribution >= 0.6 is 0 Å². The molecule has 0 atom stereocenters. The fourth-order valence-electron chi connectivity index (χ4n) is 0.721. The fourth-order valence-corrected chi connectivity index (χ4v) is 0.721. The van der Waals surface area contributed by atoms with Gasteiger partial charge in [-0.25, -0.2) is 14.8 Å². The number of rotatable bonds is 2. The van der Waals surface area contributed by atoms with Crippen molar-refractivity contribution in [1.29, 1.82) is 0 Å². The molecule has 0 saturated carbocycles. The first-order chi connectivity index (χ1) is 6.63. The molecule has 1 rings (SSSR count). The van der Waals surface area contributed by atoms with Crippen molar-refractivity contribution in [3.8, 4) is 0 Å². The first-order valence-corrected chi connectivity index (χ1v) is 3.63. The van der Waals surface area contributed by atoms with Gasteiger partial charge >= 0.3 is 5.97 Å². The maximum atomic E-state index is 10.9. The molecule has 1 aromatic rings. The summed E-state index contributed by atoms with van der Waals surface area (Å²) < 4.78 is 4.43. The molecule has 0 bridgehead atoms. The monoisotopic (exact) mass is 195 g/mol. The van der Waals surface area contributed by atoms with Crippen molar-refractivity contribution in [1.82, 2.24) is 9.97 Å². The summed E-state index contributed by atoms with van der Waals surface area (Å²) in [7, 11) is 1.26. The molecule has 0 spiro atoms. The van der Waals surface area contributed by atoms with Crippen molar-refractivity contribution in [2.75, 3.05) is 7.11 Å². The zero-order valence-corrected chi connectivity index (χ0v) is 7.47. The van der Waals surface area contributed by atoms with Gasteiger partial charge in [0.2, 0.25) is 0 Å². The van der Waals surface area contributed by atoms with E-state index in [2.05, 4.69) is 19.7 Å². The average molecular weight is 195 g/mol. The van der Waals surface area contributed by atoms with Crippen LogP contribution in [-0.4, -0.2) is 29.0 Å². The molecule has 0 aliphatic carbocycles. The largest absolute Gasteiger partial charge is 0.464 e. The number of carbonyl (C=O) groups excluding carboxylic acids is 1. The van der Waals surface area contributed by atoms with Crippen molar-refractivity contribution < 1.29 is 9.53 Å². The molecule has 0 amide bonds. The number of nitrogens with two attached hydrogens (primary N) is 2. The Kier molecular flexibility index (Phi) is 2.95. The normalized spacial score (nSPS) is 9.21. The van der Waals surface area contributed by atoms with Crippen molar-refractivity contribution in [3.05, 3.63) is 18.1 Å². The highest BCUT2D eigenvalue weighted by Crippen LogP contribution is 2.04. The number of aliphatic imine (C=N–C) groups is 1. The number of methoxy groups -OCH3 is 1. The Morgan fingerprint density at radius 2 is 2.14 bits per heavy atom. The van der Waals surface area contributed by atoms with Crippen LogP contribution in [0.25, 0.3) is 0 Å². The van der Waals surface area contributed by atoms with E-state index >= 15 is 0 Å². The Morgan fingerprint density at radius 3 is 2.57 bits per heavy atom. The van der Waals surface area contributed by atoms with E-state index in [1.807, 2.05) is 0 Å². The molecule has 1 heterocycles. The summed E-state index contributed by atoms with van der Waals surface area (Å²) in [6.07, 6.45) is 2.50. The molecule has 0 radical (unpaired) electrons. The number of carbonyl (C=O) groups is 1. The van der Waals surface area contributed by atoms with Gasteiger partial charge in [0.15, 0.2) is 17.5 Å². The molecule has 7 heteroatoms. The van der Waals surface area contributed by atoms with Crippen LogP contribution in [0.15, 0.2) is 17.4 Å². The summed E-state index contributed by atoms with van der Waals surface area (Å²) in [5.41, 5.74) is 10.3. The zero-order valence-electron chi connectivity index (χ0n) is 7.47. The van der Waals surface area contributed by atoms with E-state index in [-0.39, 0.29) is 17.5 Å². The van der Waals surface area contributed by atoms with Crippen molar-refractivity contribution >= 4 is 17.7 Å². The van der Waals surface area contributed by atoms with Crippen LogP contribution in [0, 0.1) is 0 Å². The van der Waals surface area contributed by atoms with Gasteiger partial charge in [-0.05, 0) is 0 Å². The minimum atomic E-state index is -0.561. The minimum Gasteiger partial charge on any atom is -0.464 e. The van der Waals surface area contributed by atoms with Crippen LogP contribution in [0.2, 0.25) is 0 Å². The molecule has 0 aliphatic heterocycles. The minimum absolute atomic E-state index is 0.0991. The fraction of sp³-hybridized carbons (Fsp3) is 0.143. The van der Waals surface area contributed by atoms with Gasteiger partial charge < -0.3 is 16.2 Å². The predicted octanol–water partition coefficient (Wildman–Crippen LogP) is -0.832. The third kappa shape index (κ3) is 2.41. The highest BCUT2D eigenvalue weighted by molar-refractivity contribution is 5.86. The van der Waals surface area contributed by atoms with E-state index in [1.165, 1.54) is 19.5 Å². The molecule has 0 aromatic carbocycles. The van der Waals surface area contributed by atoms with Crippen LogP contribution < -0.4 is 11.5 Å². The lowest BCUT2D eigenvalue weighted by atomic mass is 10.4. The second-order valence-corrected chi connectivity index (χ2v) is 2.29. The van der Waals surface area contributed by atoms with Crippen molar-refractivity contribution in [3.63, 3.8) is 0 Å². The zero-order chi connectivity index (χ0) is 10.6. The van der Waals surface area contributed by atoms with Gasteiger partial charge in [-0.15, -0.1) is 0 Å². The van der Waals surface area contributed by atoms with Crippen molar-refractivity contribution in [2.45, 2.75) is 0 Å². The van der Waals surface area contributed by atoms with E-state index in [0.717, 1.165) is 0 Å². The quantitative estimate of drug-likeness (QED) is 0.361. The second kappa shape index (κ2) is 4.17. The average Bonchev–Trinajstić information content (AvgIpc) is 2.17. The van der Waals surface area contributed by atoms with E-state index in [1.54, 1.807) is 0 Å². The lowest BCUT2D eigenvalue weighted by molar-refractivity contribution is 0.0593. The van der Waals surface area contributed by atoms with Crippen LogP contribution in [0.5, 0.6) is 0 Å². The Balaban J connectivity index is 2.89. The van der Waals surface area contributed by atoms with Gasteiger partial charge in [-0.1, -0.05) is 0 Å². The SMILES string of the molecule is COC(=O)c1cnc(N=C(N)N)cn1. The predicted molar refractivity (Wildman–Crippen MR) is 48.8 cm³/mol. The number of hydrogen-bond donors (Lipinski definition) is 2. The lowest BCUT2D eigenvalue weighted by Crippen LogP contribution is -2.22. The van der Waals surface area contributed by atoms with Gasteiger partial charge in [-0.3, -0.25) is 0 Å². The molecule has 0 saturated heterocycles. The molecule has 0 fully saturated rings. The summed E-state index contributed by atoms with van der Waals surface area (Å²) in [5.74, 6) is -0.448. The molecule has 4 N–H and O–H groups in total. The number of aromatic nitrogens is 2. The van der Waals surface area contributed by atoms with Crippen molar-refractivity contribution in [2.24, 2.45) is 16.5 Å². The Morgan fingerprint density at radius 1 is 1.43 bits per heavy atom. The van der Waals surface area contributed by atoms with Gasteiger partial charge in [0, 0.05) is 0 Å². The molecule has 1 aromatic heterocycles. The van der Waals surface area contributed by atoms with Crippen LogP contribution in [0.1, 0.15) is 10.5 Å². The van der Waals surface area contributed by atoms with Gasteiger partial charge in [0.05, 0.1) is 19.5 Å². The Hall–Kier alpha value is -2.18. The molecule has 0 unspecified atom stereocenters. The van der Waals surface area contributed by atoms with Crippen LogP contribution in [0.3, 0.4) is 0 Å². The molecular formula is C7H9N5O2. The highest BCUT2D eigenvalue weighted by Gasteiger charge is 2.06. The number of nitrogens with zero attached hydrogens (tertiary/aromatic N) is 3. The summed E-state index contributed by atoms with van der Waals surface area (Å²) in [6, 6.07) is 0. The highest BCUT2D eigenvalue weighted by atomic mass is 16.5. The second-order valence-electron chi connectivity index (χ2n) is 2.29. The summed E-state index contributed by atoms with van der Waals surface area (Å²) in [5, 5.41) is 0. The number of ether oxygens (including phenoxy) is 1. The maximum absolute atomic E-state index is 10.9. The van der Waals surface area contributed by atoms with Crippen LogP contribution in [0.4, 0.5) is 5.82 Å². The summed E-state index contributed by atoms with van der Waals surface area (Å²) in [4.78, 5) is 22.1. The first kappa shape index (κ1) is 9.90. The van der Waals surface area contributed by atoms with Gasteiger partial charge in [0.25, 0.3) is 0 Å². The third-order valence-corrected chi connectivity index (χ3v) is 1.28. The lowest BCUT2D eigenvalue weighted by Gasteiger charge is -1.97. The summed E-state index contributed by atoms with van der Waals surface area (Å²) in [6.45, 7) is 0. The van der Waals surface area contributed by atoms with Gasteiger partial charge in [-0.2, -0.15) is 4.99 Å². The van der Waals surface area contributed by atoms with Crippen LogP contribution in [-0.2, 0) is 4.74 Å². The first-order valence-electron chi connectivity index (χ1n) is 3.63. The number of esters is 1. The van der Waals surface area contributed by atoms with E-state index in [9.17, 15) is 4.79 Å². The third-order valence-electron chi connectivity index (χ3n) is 1.28. The molecule has 14 heavy (non-hydrogen) atoms. The molecule has 74 valence electrons. The van der Waals surface area contributed by atoms with E-state index < -0.39 is 5.97 Å². The Labute approximate surface area is 79.8 Å². The number of guanidine groups is 1. The van der Waals surface area contributed by atoms with E-state index in [4.69, 9.17) is 11.5 Å². The summed E-state index contributed by atoms with van der Waals surface area (Å²) >= 11 is 0. The smallest absolute Gasteiger partial charge is 0.358 e. The molecular weight excluding hydrogens is 186 g/mol. The molecule has 0 aliphatic rings. The standard InChI is InChI=1S/C7H9N5O2/c1-14-6(13)4-2-11-5(3-10-4)12-7(8)9/h2-3H,1H3,(H4,8,9,11,12). The Bertz CT molecular complexity index is 355. The van der Waals surface area contributed by atoms with E-state index in [0.29, 0.717) is 0 Å². The molecule has 7 nitrogen and oxygen atoms in total.